The zero-order valence-corrected chi connectivity index (χ0v) is 14.2. The van der Waals surface area contributed by atoms with Crippen LogP contribution >= 0.6 is 0 Å². The van der Waals surface area contributed by atoms with Crippen LogP contribution in [0.5, 0.6) is 11.8 Å². The highest BCUT2D eigenvalue weighted by molar-refractivity contribution is 5.96. The molecule has 0 aromatic carbocycles. The minimum Gasteiger partial charge on any atom is -0.481 e. The Labute approximate surface area is 135 Å². The Balaban J connectivity index is 2.20. The first-order valence-electron chi connectivity index (χ1n) is 7.37. The van der Waals surface area contributed by atoms with Crippen molar-refractivity contribution in [1.29, 1.82) is 0 Å². The van der Waals surface area contributed by atoms with Gasteiger partial charge in [0.2, 0.25) is 11.8 Å². The average Bonchev–Trinajstić information content (AvgIpc) is 2.93. The lowest BCUT2D eigenvalue weighted by Gasteiger charge is -2.18. The number of ether oxygens (including phenoxy) is 2. The van der Waals surface area contributed by atoms with Gasteiger partial charge in [0.1, 0.15) is 5.56 Å². The molecule has 2 aromatic rings. The lowest BCUT2D eigenvalue weighted by molar-refractivity contribution is 0.0780. The average molecular weight is 318 g/mol. The van der Waals surface area contributed by atoms with Crippen molar-refractivity contribution in [3.63, 3.8) is 0 Å². The van der Waals surface area contributed by atoms with Crippen molar-refractivity contribution >= 4 is 5.91 Å². The molecule has 0 radical (unpaired) electrons. The van der Waals surface area contributed by atoms with Gasteiger partial charge in [0.15, 0.2) is 0 Å². The van der Waals surface area contributed by atoms with E-state index in [2.05, 4.69) is 10.1 Å². The number of aryl methyl sites for hydroxylation is 1. The molecule has 23 heavy (non-hydrogen) atoms. The number of nitrogens with zero attached hydrogens (tertiary/aromatic N) is 4. The molecule has 1 amide bonds. The molecule has 7 nitrogen and oxygen atoms in total. The first-order valence-corrected chi connectivity index (χ1v) is 7.37. The van der Waals surface area contributed by atoms with Crippen molar-refractivity contribution in [3.8, 4) is 11.8 Å². The van der Waals surface area contributed by atoms with Gasteiger partial charge in [-0.2, -0.15) is 10.1 Å². The number of amides is 1. The molecule has 0 spiro atoms. The van der Waals surface area contributed by atoms with Gasteiger partial charge in [-0.3, -0.25) is 9.48 Å². The Morgan fingerprint density at radius 1 is 1.30 bits per heavy atom. The summed E-state index contributed by atoms with van der Waals surface area (Å²) < 4.78 is 12.2. The van der Waals surface area contributed by atoms with Crippen LogP contribution in [-0.4, -0.2) is 46.8 Å². The maximum atomic E-state index is 12.7. The molecule has 0 fully saturated rings. The molecule has 0 N–H and O–H groups in total. The molecular weight excluding hydrogens is 296 g/mol. The normalized spacial score (nSPS) is 10.5. The van der Waals surface area contributed by atoms with E-state index in [0.29, 0.717) is 18.0 Å². The highest BCUT2D eigenvalue weighted by atomic mass is 16.5. The van der Waals surface area contributed by atoms with E-state index in [0.717, 1.165) is 17.8 Å². The highest BCUT2D eigenvalue weighted by Crippen LogP contribution is 2.22. The number of aromatic nitrogens is 3. The zero-order chi connectivity index (χ0) is 17.0. The van der Waals surface area contributed by atoms with Gasteiger partial charge in [0.25, 0.3) is 5.91 Å². The van der Waals surface area contributed by atoms with Gasteiger partial charge >= 0.3 is 0 Å². The third-order valence-electron chi connectivity index (χ3n) is 3.73. The second-order valence-electron chi connectivity index (χ2n) is 5.14. The van der Waals surface area contributed by atoms with Crippen LogP contribution in [0.1, 0.15) is 28.5 Å². The van der Waals surface area contributed by atoms with E-state index >= 15 is 0 Å². The minimum absolute atomic E-state index is 0.166. The summed E-state index contributed by atoms with van der Waals surface area (Å²) in [6.07, 6.45) is 1.80. The number of carbonyl (C=O) groups excluding carboxylic acids is 1. The van der Waals surface area contributed by atoms with Crippen molar-refractivity contribution < 1.29 is 14.3 Å². The fourth-order valence-electron chi connectivity index (χ4n) is 2.35. The van der Waals surface area contributed by atoms with Crippen LogP contribution in [0, 0.1) is 6.92 Å². The fraction of sp³-hybridized carbons (Fsp3) is 0.438. The summed E-state index contributed by atoms with van der Waals surface area (Å²) >= 11 is 0. The summed E-state index contributed by atoms with van der Waals surface area (Å²) in [4.78, 5) is 18.4. The lowest BCUT2D eigenvalue weighted by Crippen LogP contribution is -2.27. The van der Waals surface area contributed by atoms with E-state index in [9.17, 15) is 4.79 Å². The molecule has 124 valence electrons. The topological polar surface area (TPSA) is 69.5 Å². The predicted octanol–water partition coefficient (Wildman–Crippen LogP) is 1.90. The van der Waals surface area contributed by atoms with Crippen LogP contribution in [0.25, 0.3) is 0 Å². The summed E-state index contributed by atoms with van der Waals surface area (Å²) in [5, 5.41) is 4.30. The molecular formula is C16H22N4O3. The van der Waals surface area contributed by atoms with E-state index < -0.39 is 0 Å². The molecule has 0 aliphatic rings. The second-order valence-corrected chi connectivity index (χ2v) is 5.14. The number of hydrogen-bond acceptors (Lipinski definition) is 5. The number of rotatable bonds is 6. The molecule has 2 rings (SSSR count). The monoisotopic (exact) mass is 318 g/mol. The van der Waals surface area contributed by atoms with Gasteiger partial charge in [0, 0.05) is 37.5 Å². The maximum Gasteiger partial charge on any atom is 0.259 e. The second kappa shape index (κ2) is 7.13. The van der Waals surface area contributed by atoms with E-state index in [1.54, 1.807) is 30.3 Å². The first-order chi connectivity index (χ1) is 11.0. The largest absolute Gasteiger partial charge is 0.481 e. The lowest BCUT2D eigenvalue weighted by atomic mass is 10.2. The minimum atomic E-state index is -0.166. The van der Waals surface area contributed by atoms with Gasteiger partial charge in [-0.25, -0.2) is 0 Å². The van der Waals surface area contributed by atoms with Crippen molar-refractivity contribution in [1.82, 2.24) is 19.7 Å². The van der Waals surface area contributed by atoms with Gasteiger partial charge in [-0.1, -0.05) is 0 Å². The van der Waals surface area contributed by atoms with Crippen LogP contribution in [0.2, 0.25) is 0 Å². The first kappa shape index (κ1) is 16.8. The molecule has 2 heterocycles. The molecule has 0 saturated heterocycles. The smallest absolute Gasteiger partial charge is 0.259 e. The van der Waals surface area contributed by atoms with Gasteiger partial charge in [0.05, 0.1) is 20.4 Å². The van der Waals surface area contributed by atoms with Gasteiger partial charge < -0.3 is 14.4 Å². The SMILES string of the molecule is CCn1ncc(CN(C)C(=O)c2ccc(OC)nc2OC)c1C. The summed E-state index contributed by atoms with van der Waals surface area (Å²) in [5.74, 6) is 0.490. The Kier molecular flexibility index (Phi) is 5.20. The summed E-state index contributed by atoms with van der Waals surface area (Å²) in [5.41, 5.74) is 2.48. The number of carbonyl (C=O) groups is 1. The Hall–Kier alpha value is -2.57. The Bertz CT molecular complexity index is 697. The molecule has 0 unspecified atom stereocenters. The Morgan fingerprint density at radius 3 is 2.61 bits per heavy atom. The van der Waals surface area contributed by atoms with Gasteiger partial charge in [-0.15, -0.1) is 0 Å². The summed E-state index contributed by atoms with van der Waals surface area (Å²) in [6, 6.07) is 3.30. The third kappa shape index (κ3) is 3.44. The van der Waals surface area contributed by atoms with E-state index in [4.69, 9.17) is 9.47 Å². The van der Waals surface area contributed by atoms with Crippen molar-refractivity contribution in [2.24, 2.45) is 0 Å². The van der Waals surface area contributed by atoms with Crippen LogP contribution in [0.15, 0.2) is 18.3 Å². The molecule has 2 aromatic heterocycles. The number of methoxy groups -OCH3 is 2. The van der Waals surface area contributed by atoms with Gasteiger partial charge in [-0.05, 0) is 19.9 Å². The zero-order valence-electron chi connectivity index (χ0n) is 14.2. The van der Waals surface area contributed by atoms with Crippen molar-refractivity contribution in [2.75, 3.05) is 21.3 Å². The number of pyridine rings is 1. The van der Waals surface area contributed by atoms with E-state index in [1.807, 2.05) is 18.5 Å². The van der Waals surface area contributed by atoms with Crippen molar-refractivity contribution in [3.05, 3.63) is 35.2 Å². The maximum absolute atomic E-state index is 12.7. The quantitative estimate of drug-likeness (QED) is 0.813. The molecule has 7 heteroatoms. The summed E-state index contributed by atoms with van der Waals surface area (Å²) in [6.45, 7) is 5.31. The standard InChI is InChI=1S/C16H22N4O3/c1-6-20-11(2)12(9-17-20)10-19(3)16(21)13-7-8-14(22-4)18-15(13)23-5/h7-9H,6,10H2,1-5H3. The van der Waals surface area contributed by atoms with Crippen LogP contribution in [-0.2, 0) is 13.1 Å². The van der Waals surface area contributed by atoms with Crippen LogP contribution in [0.3, 0.4) is 0 Å². The van der Waals surface area contributed by atoms with E-state index in [-0.39, 0.29) is 11.8 Å². The van der Waals surface area contributed by atoms with E-state index in [1.165, 1.54) is 14.2 Å². The third-order valence-corrected chi connectivity index (χ3v) is 3.73. The highest BCUT2D eigenvalue weighted by Gasteiger charge is 2.20. The molecule has 0 bridgehead atoms. The van der Waals surface area contributed by atoms with Crippen molar-refractivity contribution in [2.45, 2.75) is 26.9 Å². The van der Waals surface area contributed by atoms with Crippen LogP contribution < -0.4 is 9.47 Å². The molecule has 0 saturated carbocycles. The van der Waals surface area contributed by atoms with Crippen LogP contribution in [0.4, 0.5) is 0 Å². The Morgan fingerprint density at radius 2 is 2.04 bits per heavy atom. The molecule has 0 aliphatic carbocycles. The summed E-state index contributed by atoms with van der Waals surface area (Å²) in [7, 11) is 4.74. The number of hydrogen-bond donors (Lipinski definition) is 0. The fourth-order valence-corrected chi connectivity index (χ4v) is 2.35. The molecule has 0 aliphatic heterocycles. The molecule has 0 atom stereocenters. The predicted molar refractivity (Wildman–Crippen MR) is 85.8 cm³/mol.